The van der Waals surface area contributed by atoms with Crippen molar-refractivity contribution in [1.29, 1.82) is 0 Å². The third-order valence-electron chi connectivity index (χ3n) is 3.21. The number of carboxylic acid groups (broad SMARTS) is 1. The maximum Gasteiger partial charge on any atom is 0.371 e. The van der Waals surface area contributed by atoms with Crippen LogP contribution in [0.3, 0.4) is 0 Å². The number of furan rings is 1. The van der Waals surface area contributed by atoms with Crippen LogP contribution < -0.4 is 0 Å². The summed E-state index contributed by atoms with van der Waals surface area (Å²) in [6.45, 7) is 2.96. The largest absolute Gasteiger partial charge is 0.475 e. The van der Waals surface area contributed by atoms with E-state index in [0.29, 0.717) is 19.0 Å². The van der Waals surface area contributed by atoms with Crippen LogP contribution in [-0.4, -0.2) is 36.9 Å². The molecule has 2 heterocycles. The van der Waals surface area contributed by atoms with E-state index in [0.717, 1.165) is 18.9 Å². The van der Waals surface area contributed by atoms with Crippen molar-refractivity contribution in [3.63, 3.8) is 0 Å². The number of carbonyl (C=O) groups is 1. The maximum atomic E-state index is 12.2. The van der Waals surface area contributed by atoms with Crippen molar-refractivity contribution in [1.82, 2.24) is 4.31 Å². The van der Waals surface area contributed by atoms with Crippen LogP contribution in [0.4, 0.5) is 0 Å². The summed E-state index contributed by atoms with van der Waals surface area (Å²) in [6, 6.07) is 2.35. The molecule has 0 radical (unpaired) electrons. The summed E-state index contributed by atoms with van der Waals surface area (Å²) in [5.74, 6) is -1.27. The number of aromatic carboxylic acids is 1. The highest BCUT2D eigenvalue weighted by atomic mass is 32.2. The molecule has 1 aliphatic rings. The second-order valence-corrected chi connectivity index (χ2v) is 6.22. The van der Waals surface area contributed by atoms with Crippen molar-refractivity contribution in [2.24, 2.45) is 5.92 Å². The Labute approximate surface area is 105 Å². The lowest BCUT2D eigenvalue weighted by Gasteiger charge is -2.14. The molecule has 7 heteroatoms. The molecule has 0 bridgehead atoms. The van der Waals surface area contributed by atoms with Gasteiger partial charge in [-0.25, -0.2) is 13.2 Å². The number of hydrogen-bond acceptors (Lipinski definition) is 4. The molecule has 0 spiro atoms. The van der Waals surface area contributed by atoms with E-state index in [1.165, 1.54) is 10.4 Å². The minimum Gasteiger partial charge on any atom is -0.475 e. The summed E-state index contributed by atoms with van der Waals surface area (Å²) >= 11 is 0. The average molecular weight is 273 g/mol. The van der Waals surface area contributed by atoms with Gasteiger partial charge >= 0.3 is 5.97 Å². The summed E-state index contributed by atoms with van der Waals surface area (Å²) in [6.07, 6.45) is 1.77. The Bertz CT molecular complexity index is 548. The molecule has 0 aromatic carbocycles. The standard InChI is InChI=1S/C11H15NO5S/c1-2-8-5-6-12(7-8)18(15,16)10-4-3-9(17-10)11(13)14/h3-4,8H,2,5-7H2,1H3,(H,13,14). The van der Waals surface area contributed by atoms with Gasteiger partial charge in [0, 0.05) is 13.1 Å². The van der Waals surface area contributed by atoms with Crippen LogP contribution in [-0.2, 0) is 10.0 Å². The van der Waals surface area contributed by atoms with Gasteiger partial charge in [0.15, 0.2) is 0 Å². The lowest BCUT2D eigenvalue weighted by Crippen LogP contribution is -2.28. The van der Waals surface area contributed by atoms with Crippen LogP contribution in [0.1, 0.15) is 30.3 Å². The number of rotatable bonds is 4. The zero-order valence-electron chi connectivity index (χ0n) is 10.00. The van der Waals surface area contributed by atoms with Gasteiger partial charge in [-0.15, -0.1) is 0 Å². The Kier molecular flexibility index (Phi) is 3.45. The second-order valence-electron chi connectivity index (χ2n) is 4.35. The Morgan fingerprint density at radius 2 is 2.28 bits per heavy atom. The monoisotopic (exact) mass is 273 g/mol. The Balaban J connectivity index is 2.23. The molecule has 0 saturated carbocycles. The number of nitrogens with zero attached hydrogens (tertiary/aromatic N) is 1. The van der Waals surface area contributed by atoms with Crippen LogP contribution >= 0.6 is 0 Å². The van der Waals surface area contributed by atoms with E-state index in [4.69, 9.17) is 9.52 Å². The van der Waals surface area contributed by atoms with E-state index in [9.17, 15) is 13.2 Å². The predicted octanol–water partition coefficient (Wildman–Crippen LogP) is 1.40. The van der Waals surface area contributed by atoms with Crippen LogP contribution in [0.5, 0.6) is 0 Å². The molecule has 2 rings (SSSR count). The first-order chi connectivity index (χ1) is 8.45. The highest BCUT2D eigenvalue weighted by molar-refractivity contribution is 7.89. The van der Waals surface area contributed by atoms with E-state index < -0.39 is 16.0 Å². The van der Waals surface area contributed by atoms with Gasteiger partial charge < -0.3 is 9.52 Å². The zero-order chi connectivity index (χ0) is 13.3. The molecule has 1 N–H and O–H groups in total. The van der Waals surface area contributed by atoms with Gasteiger partial charge in [0.1, 0.15) is 0 Å². The first kappa shape index (κ1) is 13.1. The Hall–Kier alpha value is -1.34. The first-order valence-electron chi connectivity index (χ1n) is 5.78. The van der Waals surface area contributed by atoms with Crippen molar-refractivity contribution < 1.29 is 22.7 Å². The molecule has 1 atom stereocenters. The van der Waals surface area contributed by atoms with Gasteiger partial charge in [0.2, 0.25) is 10.9 Å². The third kappa shape index (κ3) is 2.28. The molecule has 0 aliphatic carbocycles. The minimum absolute atomic E-state index is 0.295. The number of sulfonamides is 1. The highest BCUT2D eigenvalue weighted by Crippen LogP contribution is 2.26. The van der Waals surface area contributed by atoms with Crippen LogP contribution in [0.15, 0.2) is 21.6 Å². The maximum absolute atomic E-state index is 12.2. The summed E-state index contributed by atoms with van der Waals surface area (Å²) < 4.78 is 30.6. The van der Waals surface area contributed by atoms with Crippen molar-refractivity contribution in [3.05, 3.63) is 17.9 Å². The molecule has 1 fully saturated rings. The van der Waals surface area contributed by atoms with Crippen molar-refractivity contribution in [2.45, 2.75) is 24.9 Å². The van der Waals surface area contributed by atoms with E-state index in [-0.39, 0.29) is 10.9 Å². The molecule has 1 unspecified atom stereocenters. The molecule has 1 saturated heterocycles. The summed E-state index contributed by atoms with van der Waals surface area (Å²) in [5.41, 5.74) is 0. The van der Waals surface area contributed by atoms with Gasteiger partial charge in [-0.05, 0) is 24.5 Å². The molecular formula is C11H15NO5S. The Morgan fingerprint density at radius 1 is 1.56 bits per heavy atom. The lowest BCUT2D eigenvalue weighted by molar-refractivity contribution is 0.0656. The van der Waals surface area contributed by atoms with Gasteiger partial charge in [-0.1, -0.05) is 13.3 Å². The molecule has 1 aliphatic heterocycles. The SMILES string of the molecule is CCC1CCN(S(=O)(=O)c2ccc(C(=O)O)o2)C1. The van der Waals surface area contributed by atoms with E-state index in [1.54, 1.807) is 0 Å². The topological polar surface area (TPSA) is 87.8 Å². The quantitative estimate of drug-likeness (QED) is 0.895. The predicted molar refractivity (Wildman–Crippen MR) is 62.8 cm³/mol. The normalized spacial score (nSPS) is 21.3. The van der Waals surface area contributed by atoms with E-state index >= 15 is 0 Å². The number of hydrogen-bond donors (Lipinski definition) is 1. The summed E-state index contributed by atoms with van der Waals surface area (Å²) in [7, 11) is -3.69. The van der Waals surface area contributed by atoms with E-state index in [1.807, 2.05) is 6.92 Å². The van der Waals surface area contributed by atoms with Gasteiger partial charge in [0.25, 0.3) is 10.0 Å². The fourth-order valence-corrected chi connectivity index (χ4v) is 3.49. The summed E-state index contributed by atoms with van der Waals surface area (Å²) in [4.78, 5) is 10.7. The lowest BCUT2D eigenvalue weighted by atomic mass is 10.1. The number of carboxylic acids is 1. The molecule has 1 aromatic rings. The Morgan fingerprint density at radius 3 is 2.78 bits per heavy atom. The average Bonchev–Trinajstić information content (AvgIpc) is 2.98. The first-order valence-corrected chi connectivity index (χ1v) is 7.22. The highest BCUT2D eigenvalue weighted by Gasteiger charge is 2.34. The molecular weight excluding hydrogens is 258 g/mol. The van der Waals surface area contributed by atoms with Gasteiger partial charge in [0.05, 0.1) is 0 Å². The second kappa shape index (κ2) is 4.74. The minimum atomic E-state index is -3.69. The molecule has 18 heavy (non-hydrogen) atoms. The fraction of sp³-hybridized carbons (Fsp3) is 0.545. The van der Waals surface area contributed by atoms with E-state index in [2.05, 4.69) is 0 Å². The van der Waals surface area contributed by atoms with Crippen molar-refractivity contribution >= 4 is 16.0 Å². The third-order valence-corrected chi connectivity index (χ3v) is 4.95. The molecule has 6 nitrogen and oxygen atoms in total. The van der Waals surface area contributed by atoms with Crippen LogP contribution in [0.2, 0.25) is 0 Å². The zero-order valence-corrected chi connectivity index (χ0v) is 10.8. The van der Waals surface area contributed by atoms with Crippen molar-refractivity contribution in [3.8, 4) is 0 Å². The van der Waals surface area contributed by atoms with Crippen molar-refractivity contribution in [2.75, 3.05) is 13.1 Å². The van der Waals surface area contributed by atoms with Crippen LogP contribution in [0.25, 0.3) is 0 Å². The van der Waals surface area contributed by atoms with Crippen LogP contribution in [0, 0.1) is 5.92 Å². The summed E-state index contributed by atoms with van der Waals surface area (Å²) in [5, 5.41) is 8.41. The molecule has 0 amide bonds. The molecule has 100 valence electrons. The fourth-order valence-electron chi connectivity index (χ4n) is 2.05. The van der Waals surface area contributed by atoms with Gasteiger partial charge in [-0.2, -0.15) is 4.31 Å². The van der Waals surface area contributed by atoms with Gasteiger partial charge in [-0.3, -0.25) is 0 Å². The molecule has 1 aromatic heterocycles. The smallest absolute Gasteiger partial charge is 0.371 e.